The largest absolute Gasteiger partial charge is 0.396 e. The van der Waals surface area contributed by atoms with Crippen molar-refractivity contribution in [2.24, 2.45) is 0 Å². The van der Waals surface area contributed by atoms with Gasteiger partial charge in [0.05, 0.1) is 0 Å². The lowest BCUT2D eigenvalue weighted by atomic mass is 9.88. The first-order valence-electron chi connectivity index (χ1n) is 11.4. The molecule has 0 bridgehead atoms. The quantitative estimate of drug-likeness (QED) is 0.294. The maximum atomic E-state index is 9.05. The summed E-state index contributed by atoms with van der Waals surface area (Å²) in [4.78, 5) is 0. The van der Waals surface area contributed by atoms with Crippen molar-refractivity contribution in [2.75, 3.05) is 13.2 Å². The molecule has 0 spiro atoms. The van der Waals surface area contributed by atoms with Crippen LogP contribution in [0, 0.1) is 26.7 Å². The Morgan fingerprint density at radius 2 is 1.04 bits per heavy atom. The second kappa shape index (κ2) is 17.0. The molecule has 2 heteroatoms. The topological polar surface area (TPSA) is 40.5 Å². The van der Waals surface area contributed by atoms with Gasteiger partial charge in [-0.1, -0.05) is 64.5 Å². The summed E-state index contributed by atoms with van der Waals surface area (Å²) in [5.41, 5.74) is 5.68. The van der Waals surface area contributed by atoms with Crippen LogP contribution in [-0.2, 0) is 12.8 Å². The monoisotopic (exact) mass is 386 g/mol. The summed E-state index contributed by atoms with van der Waals surface area (Å²) >= 11 is 0. The third kappa shape index (κ3) is 10.6. The molecule has 2 N–H and O–H groups in total. The molecule has 0 saturated carbocycles. The molecule has 0 atom stereocenters. The van der Waals surface area contributed by atoms with E-state index >= 15 is 0 Å². The number of benzene rings is 1. The second-order valence-electron chi connectivity index (χ2n) is 7.72. The molecule has 0 aliphatic rings. The molecule has 2 nitrogen and oxygen atoms in total. The minimum atomic E-state index is 0.290. The highest BCUT2D eigenvalue weighted by atomic mass is 16.3. The zero-order valence-electron chi connectivity index (χ0n) is 17.9. The van der Waals surface area contributed by atoms with Crippen molar-refractivity contribution in [3.8, 4) is 0 Å². The highest BCUT2D eigenvalue weighted by molar-refractivity contribution is 5.45. The van der Waals surface area contributed by atoms with E-state index in [9.17, 15) is 0 Å². The minimum absolute atomic E-state index is 0.290. The molecule has 1 aromatic rings. The van der Waals surface area contributed by atoms with E-state index in [2.05, 4.69) is 38.8 Å². The zero-order valence-corrected chi connectivity index (χ0v) is 17.9. The fourth-order valence-corrected chi connectivity index (χ4v) is 3.56. The van der Waals surface area contributed by atoms with Gasteiger partial charge in [-0.05, 0) is 86.5 Å². The Bertz CT molecular complexity index is 450. The summed E-state index contributed by atoms with van der Waals surface area (Å²) in [6.45, 7) is 8.51. The molecule has 0 saturated heterocycles. The maximum Gasteiger partial charge on any atom is 0.0431 e. The normalized spacial score (nSPS) is 11.3. The Morgan fingerprint density at radius 1 is 0.607 bits per heavy atom. The Kier molecular flexibility index (Phi) is 15.3. The van der Waals surface area contributed by atoms with Gasteiger partial charge in [-0.25, -0.2) is 0 Å². The first kappa shape index (κ1) is 25.2. The fourth-order valence-electron chi connectivity index (χ4n) is 3.56. The first-order chi connectivity index (χ1) is 13.8. The molecule has 28 heavy (non-hydrogen) atoms. The van der Waals surface area contributed by atoms with Crippen molar-refractivity contribution in [2.45, 2.75) is 89.9 Å². The number of hydrogen-bond acceptors (Lipinski definition) is 2. The smallest absolute Gasteiger partial charge is 0.0431 e. The molecule has 0 unspecified atom stereocenters. The van der Waals surface area contributed by atoms with Crippen LogP contribution in [0.5, 0.6) is 0 Å². The number of hydrogen-bond donors (Lipinski definition) is 2. The number of rotatable bonds is 18. The maximum absolute atomic E-state index is 9.05. The van der Waals surface area contributed by atoms with E-state index in [4.69, 9.17) is 10.2 Å². The van der Waals surface area contributed by atoms with Crippen LogP contribution >= 0.6 is 0 Å². The third-order valence-electron chi connectivity index (χ3n) is 5.25. The van der Waals surface area contributed by atoms with Gasteiger partial charge in [0.15, 0.2) is 0 Å². The molecule has 1 rings (SSSR count). The molecule has 0 aliphatic heterocycles. The van der Waals surface area contributed by atoms with Crippen molar-refractivity contribution in [1.29, 1.82) is 0 Å². The van der Waals surface area contributed by atoms with Crippen molar-refractivity contribution in [1.82, 2.24) is 0 Å². The number of unbranched alkanes of at least 4 members (excludes halogenated alkanes) is 8. The Labute approximate surface area is 174 Å². The van der Waals surface area contributed by atoms with E-state index in [-0.39, 0.29) is 13.2 Å². The minimum Gasteiger partial charge on any atom is -0.396 e. The van der Waals surface area contributed by atoms with Gasteiger partial charge in [-0.3, -0.25) is 0 Å². The molecule has 0 amide bonds. The first-order valence-corrected chi connectivity index (χ1v) is 11.4. The van der Waals surface area contributed by atoms with Crippen molar-refractivity contribution >= 4 is 0 Å². The molecule has 4 radical (unpaired) electrons. The van der Waals surface area contributed by atoms with Gasteiger partial charge in [-0.15, -0.1) is 0 Å². The van der Waals surface area contributed by atoms with Gasteiger partial charge < -0.3 is 10.2 Å². The van der Waals surface area contributed by atoms with Gasteiger partial charge in [0, 0.05) is 13.2 Å². The molecule has 0 heterocycles. The lowest BCUT2D eigenvalue weighted by molar-refractivity contribution is 0.282. The van der Waals surface area contributed by atoms with Gasteiger partial charge in [0.25, 0.3) is 0 Å². The molecular weight excluding hydrogens is 344 g/mol. The van der Waals surface area contributed by atoms with E-state index < -0.39 is 0 Å². The summed E-state index contributed by atoms with van der Waals surface area (Å²) in [5.74, 6) is 0. The van der Waals surface area contributed by atoms with Crippen LogP contribution in [0.4, 0.5) is 0 Å². The van der Waals surface area contributed by atoms with Crippen molar-refractivity contribution < 1.29 is 10.2 Å². The zero-order chi connectivity index (χ0) is 20.5. The average molecular weight is 387 g/mol. The summed E-state index contributed by atoms with van der Waals surface area (Å²) in [7, 11) is 0. The van der Waals surface area contributed by atoms with Crippen LogP contribution in [0.2, 0.25) is 0 Å². The molecule has 0 aliphatic carbocycles. The molecule has 0 fully saturated rings. The summed E-state index contributed by atoms with van der Waals surface area (Å²) in [6, 6.07) is 4.83. The summed E-state index contributed by atoms with van der Waals surface area (Å²) in [6.07, 6.45) is 19.5. The van der Waals surface area contributed by atoms with Crippen LogP contribution in [-0.4, -0.2) is 23.4 Å². The van der Waals surface area contributed by atoms with Crippen LogP contribution in [0.25, 0.3) is 0 Å². The molecule has 1 aromatic carbocycles. The van der Waals surface area contributed by atoms with Gasteiger partial charge in [0.2, 0.25) is 0 Å². The number of aryl methyl sites for hydroxylation is 2. The fraction of sp³-hybridized carbons (Fsp3) is 0.615. The summed E-state index contributed by atoms with van der Waals surface area (Å²) < 4.78 is 0. The van der Waals surface area contributed by atoms with Crippen LogP contribution in [0.1, 0.15) is 99.3 Å². The predicted molar refractivity (Wildman–Crippen MR) is 121 cm³/mol. The lowest BCUT2D eigenvalue weighted by Gasteiger charge is -2.17. The highest BCUT2D eigenvalue weighted by Crippen LogP contribution is 2.26. The van der Waals surface area contributed by atoms with E-state index in [0.29, 0.717) is 0 Å². The van der Waals surface area contributed by atoms with Gasteiger partial charge in [0.1, 0.15) is 0 Å². The van der Waals surface area contributed by atoms with Crippen LogP contribution in [0.15, 0.2) is 12.1 Å². The Hall–Kier alpha value is -0.860. The van der Waals surface area contributed by atoms with Gasteiger partial charge in [-0.2, -0.15) is 0 Å². The number of aliphatic hydroxyl groups is 2. The molecule has 158 valence electrons. The van der Waals surface area contributed by atoms with E-state index in [1.165, 1.54) is 22.3 Å². The predicted octanol–water partition coefficient (Wildman–Crippen LogP) is 6.21. The SMILES string of the molecule is [CH2]CCC[CH]c1cc(CCCCCO)c(CCCCCO)cc1[CH]CCC[CH2]. The average Bonchev–Trinajstić information content (AvgIpc) is 2.70. The third-order valence-corrected chi connectivity index (χ3v) is 5.25. The molecular formula is C26H42O2. The van der Waals surface area contributed by atoms with Crippen LogP contribution < -0.4 is 0 Å². The van der Waals surface area contributed by atoms with E-state index in [0.717, 1.165) is 89.9 Å². The van der Waals surface area contributed by atoms with Crippen molar-refractivity contribution in [3.63, 3.8) is 0 Å². The molecule has 0 aromatic heterocycles. The Morgan fingerprint density at radius 3 is 1.39 bits per heavy atom. The standard InChI is InChI=1S/C26H42O2/c1-3-5-9-15-23-21-25(17-11-7-13-19-27)26(18-12-8-14-20-28)22-24(23)16-10-6-4-2/h15-16,21-22,27-28H,1-14,17-20H2. The van der Waals surface area contributed by atoms with Crippen molar-refractivity contribution in [3.05, 3.63) is 61.1 Å². The summed E-state index contributed by atoms with van der Waals surface area (Å²) in [5, 5.41) is 18.1. The lowest BCUT2D eigenvalue weighted by Crippen LogP contribution is -2.02. The van der Waals surface area contributed by atoms with Gasteiger partial charge >= 0.3 is 0 Å². The van der Waals surface area contributed by atoms with Crippen LogP contribution in [0.3, 0.4) is 0 Å². The van der Waals surface area contributed by atoms with E-state index in [1.807, 2.05) is 0 Å². The van der Waals surface area contributed by atoms with E-state index in [1.54, 1.807) is 0 Å². The highest BCUT2D eigenvalue weighted by Gasteiger charge is 2.11. The number of aliphatic hydroxyl groups excluding tert-OH is 2. The second-order valence-corrected chi connectivity index (χ2v) is 7.72. The Balaban J connectivity index is 2.94.